The number of imide groups is 1. The third kappa shape index (κ3) is 8.37. The van der Waals surface area contributed by atoms with E-state index >= 15 is 19.2 Å². The standard InChI is InChI=1S/C62H54N4O9/c1-38(41-14-8-5-9-15-41)63-61(71)65-50-31-24-40(21-20-39-22-29-48(72-2)30-23-39)34-49(50)62(60(65)70)53(58(68)64-33-32-45-35-51(73-3)52(74-4)36-46(45)37-64)55-59(69)75-56(43-18-12-7-13-19-43)54(42-16-10-6-11-17-42)66(55)57(62)44-25-27-47(67)28-26-44/h5-19,22-31,34-36,38,53-57,67H,32-33,37H2,1-4H3,(H,63,71)/t38-,53+,54+,55+,56-,57-,62+/m1/s1. The van der Waals surface area contributed by atoms with E-state index in [-0.39, 0.29) is 24.5 Å². The Balaban J connectivity index is 1.18. The summed E-state index contributed by atoms with van der Waals surface area (Å²) in [7, 11) is 4.72. The van der Waals surface area contributed by atoms with Crippen LogP contribution in [-0.4, -0.2) is 72.6 Å². The second kappa shape index (κ2) is 19.9. The molecule has 0 unspecified atom stereocenters. The van der Waals surface area contributed by atoms with Crippen LogP contribution in [-0.2, 0) is 37.5 Å². The van der Waals surface area contributed by atoms with Crippen LogP contribution in [0.2, 0.25) is 0 Å². The summed E-state index contributed by atoms with van der Waals surface area (Å²) in [5, 5.41) is 14.0. The lowest BCUT2D eigenvalue weighted by molar-refractivity contribution is -0.179. The number of urea groups is 1. The van der Waals surface area contributed by atoms with Crippen molar-refractivity contribution in [3.8, 4) is 34.8 Å². The first-order chi connectivity index (χ1) is 36.5. The molecule has 13 heteroatoms. The third-order valence-electron chi connectivity index (χ3n) is 15.2. The van der Waals surface area contributed by atoms with E-state index < -0.39 is 65.4 Å². The fourth-order valence-corrected chi connectivity index (χ4v) is 11.8. The normalized spacial score (nSPS) is 21.9. The van der Waals surface area contributed by atoms with Crippen LogP contribution in [0.5, 0.6) is 23.0 Å². The van der Waals surface area contributed by atoms with Crippen LogP contribution in [0.4, 0.5) is 10.5 Å². The van der Waals surface area contributed by atoms with E-state index in [2.05, 4.69) is 17.2 Å². The molecular weight excluding hydrogens is 945 g/mol. The molecule has 4 aliphatic heterocycles. The predicted molar refractivity (Wildman–Crippen MR) is 281 cm³/mol. The zero-order valence-electron chi connectivity index (χ0n) is 41.8. The number of nitrogens with zero attached hydrogens (tertiary/aromatic N) is 3. The van der Waals surface area contributed by atoms with Gasteiger partial charge in [0.1, 0.15) is 29.1 Å². The van der Waals surface area contributed by atoms with Gasteiger partial charge in [0.2, 0.25) is 11.8 Å². The van der Waals surface area contributed by atoms with Crippen LogP contribution in [0.25, 0.3) is 0 Å². The van der Waals surface area contributed by atoms with Crippen molar-refractivity contribution in [2.75, 3.05) is 32.8 Å². The van der Waals surface area contributed by atoms with Crippen LogP contribution in [0, 0.1) is 17.8 Å². The summed E-state index contributed by atoms with van der Waals surface area (Å²) in [4.78, 5) is 69.4. The van der Waals surface area contributed by atoms with Crippen molar-refractivity contribution >= 4 is 29.5 Å². The minimum Gasteiger partial charge on any atom is -0.508 e. The Labute approximate surface area is 435 Å². The number of hydrogen-bond acceptors (Lipinski definition) is 10. The molecule has 13 nitrogen and oxygen atoms in total. The summed E-state index contributed by atoms with van der Waals surface area (Å²) in [5.41, 5.74) is 4.31. The smallest absolute Gasteiger partial charge is 0.329 e. The zero-order chi connectivity index (χ0) is 52.0. The molecule has 75 heavy (non-hydrogen) atoms. The molecule has 7 aromatic rings. The van der Waals surface area contributed by atoms with Crippen molar-refractivity contribution in [3.63, 3.8) is 0 Å². The summed E-state index contributed by atoms with van der Waals surface area (Å²) in [6.07, 6.45) is -0.484. The third-order valence-corrected chi connectivity index (χ3v) is 15.2. The Morgan fingerprint density at radius 3 is 1.96 bits per heavy atom. The number of cyclic esters (lactones) is 1. The average Bonchev–Trinajstić information content (AvgIpc) is 4.01. The molecule has 0 saturated carbocycles. The van der Waals surface area contributed by atoms with Crippen molar-refractivity contribution in [1.29, 1.82) is 0 Å². The molecule has 11 rings (SSSR count). The summed E-state index contributed by atoms with van der Waals surface area (Å²) < 4.78 is 23.5. The van der Waals surface area contributed by atoms with Crippen LogP contribution >= 0.6 is 0 Å². The molecule has 0 bridgehead atoms. The average molecular weight is 999 g/mol. The lowest BCUT2D eigenvalue weighted by Crippen LogP contribution is -2.57. The van der Waals surface area contributed by atoms with Crippen molar-refractivity contribution in [2.45, 2.75) is 55.6 Å². The lowest BCUT2D eigenvalue weighted by Gasteiger charge is -2.46. The van der Waals surface area contributed by atoms with E-state index in [0.717, 1.165) is 27.2 Å². The van der Waals surface area contributed by atoms with Gasteiger partial charge < -0.3 is 34.3 Å². The van der Waals surface area contributed by atoms with Gasteiger partial charge in [0.05, 0.1) is 51.1 Å². The summed E-state index contributed by atoms with van der Waals surface area (Å²) >= 11 is 0. The van der Waals surface area contributed by atoms with Gasteiger partial charge in [-0.3, -0.25) is 19.3 Å². The number of esters is 1. The van der Waals surface area contributed by atoms with Crippen LogP contribution in [0.1, 0.15) is 81.2 Å². The molecule has 7 aromatic carbocycles. The number of methoxy groups -OCH3 is 3. The number of anilines is 1. The van der Waals surface area contributed by atoms with Gasteiger partial charge in [-0.05, 0) is 119 Å². The molecule has 376 valence electrons. The Morgan fingerprint density at radius 2 is 1.31 bits per heavy atom. The highest BCUT2D eigenvalue weighted by Crippen LogP contribution is 2.66. The minimum absolute atomic E-state index is 0.0287. The van der Waals surface area contributed by atoms with Crippen molar-refractivity contribution in [1.82, 2.24) is 15.1 Å². The molecule has 0 radical (unpaired) electrons. The fraction of sp³-hybridized carbons (Fsp3) is 0.226. The first-order valence-electron chi connectivity index (χ1n) is 24.9. The number of amides is 4. The van der Waals surface area contributed by atoms with Crippen molar-refractivity contribution < 1.29 is 43.2 Å². The second-order valence-electron chi connectivity index (χ2n) is 19.3. The Morgan fingerprint density at radius 1 is 0.693 bits per heavy atom. The van der Waals surface area contributed by atoms with Crippen LogP contribution < -0.4 is 24.4 Å². The highest BCUT2D eigenvalue weighted by Gasteiger charge is 2.76. The van der Waals surface area contributed by atoms with Gasteiger partial charge in [0.25, 0.3) is 0 Å². The number of aromatic hydroxyl groups is 1. The number of rotatable bonds is 9. The SMILES string of the molecule is COc1ccc(C#Cc2ccc3c(c2)[C@]2(C(=O)N3C(=O)N[C@H](C)c3ccccc3)[C@H](C(=O)N3CCc4cc(OC)c(OC)cc4C3)[C@H]3C(=O)O[C@H](c4ccccc4)[C@H](c4ccccc4)N3[C@@H]2c2ccc(O)cc2)cc1. The van der Waals surface area contributed by atoms with Gasteiger partial charge in [-0.15, -0.1) is 0 Å². The minimum atomic E-state index is -2.03. The van der Waals surface area contributed by atoms with Crippen molar-refractivity contribution in [2.24, 2.45) is 5.92 Å². The molecule has 2 fully saturated rings. The number of phenolic OH excluding ortho intramolecular Hbond substituents is 1. The first-order valence-corrected chi connectivity index (χ1v) is 24.9. The molecule has 0 aliphatic carbocycles. The number of fused-ring (bicyclic) bond motifs is 4. The molecule has 2 N–H and O–H groups in total. The Kier molecular flexibility index (Phi) is 12.8. The van der Waals surface area contributed by atoms with E-state index in [4.69, 9.17) is 18.9 Å². The maximum absolute atomic E-state index is 16.9. The second-order valence-corrected chi connectivity index (χ2v) is 19.3. The molecule has 4 aliphatic rings. The molecule has 7 atom stereocenters. The fourth-order valence-electron chi connectivity index (χ4n) is 11.8. The number of nitrogens with one attached hydrogen (secondary N) is 1. The van der Waals surface area contributed by atoms with Crippen LogP contribution in [0.3, 0.4) is 0 Å². The van der Waals surface area contributed by atoms with Gasteiger partial charge in [0, 0.05) is 24.2 Å². The van der Waals surface area contributed by atoms with Gasteiger partial charge in [-0.1, -0.05) is 115 Å². The number of carbonyl (C=O) groups is 4. The maximum atomic E-state index is 16.9. The van der Waals surface area contributed by atoms with Crippen LogP contribution in [0.15, 0.2) is 170 Å². The van der Waals surface area contributed by atoms with Gasteiger partial charge >= 0.3 is 12.0 Å². The van der Waals surface area contributed by atoms with E-state index in [1.165, 1.54) is 12.1 Å². The van der Waals surface area contributed by atoms with E-state index in [0.29, 0.717) is 51.5 Å². The highest BCUT2D eigenvalue weighted by atomic mass is 16.6. The molecule has 0 aromatic heterocycles. The summed E-state index contributed by atoms with van der Waals surface area (Å²) in [5.74, 6) is 4.85. The molecular formula is C62H54N4O9. The molecule has 1 spiro atoms. The Hall–Kier alpha value is -8.86. The number of benzene rings is 7. The number of phenols is 1. The van der Waals surface area contributed by atoms with Crippen molar-refractivity contribution in [3.05, 3.63) is 220 Å². The summed E-state index contributed by atoms with van der Waals surface area (Å²) in [6.45, 7) is 2.20. The quantitative estimate of drug-likeness (QED) is 0.106. The predicted octanol–water partition coefficient (Wildman–Crippen LogP) is 9.54. The highest BCUT2D eigenvalue weighted by molar-refractivity contribution is 6.24. The maximum Gasteiger partial charge on any atom is 0.329 e. The first kappa shape index (κ1) is 48.4. The van der Waals surface area contributed by atoms with E-state index in [9.17, 15) is 5.11 Å². The lowest BCUT2D eigenvalue weighted by atomic mass is 9.64. The molecule has 2 saturated heterocycles. The van der Waals surface area contributed by atoms with E-state index in [1.807, 2.05) is 139 Å². The number of morpholine rings is 1. The topological polar surface area (TPSA) is 147 Å². The number of hydrogen-bond donors (Lipinski definition) is 2. The van der Waals surface area contributed by atoms with Gasteiger partial charge in [0.15, 0.2) is 11.5 Å². The van der Waals surface area contributed by atoms with Gasteiger partial charge in [-0.25, -0.2) is 9.69 Å². The molecule has 4 amide bonds. The monoisotopic (exact) mass is 998 g/mol. The van der Waals surface area contributed by atoms with E-state index in [1.54, 1.807) is 56.6 Å². The zero-order valence-corrected chi connectivity index (χ0v) is 41.8. The number of carbonyl (C=O) groups excluding carboxylic acids is 4. The number of ether oxygens (including phenoxy) is 4. The summed E-state index contributed by atoms with van der Waals surface area (Å²) in [6, 6.07) is 46.8. The largest absolute Gasteiger partial charge is 0.508 e. The molecule has 4 heterocycles. The Bertz CT molecular complexity index is 3380. The van der Waals surface area contributed by atoms with Gasteiger partial charge in [-0.2, -0.15) is 0 Å².